The molecule has 9 heteroatoms. The van der Waals surface area contributed by atoms with Gasteiger partial charge in [-0.1, -0.05) is 53.3 Å². The topological polar surface area (TPSA) is 80.6 Å². The summed E-state index contributed by atoms with van der Waals surface area (Å²) in [7, 11) is 1.78. The van der Waals surface area contributed by atoms with E-state index in [1.807, 2.05) is 54.3 Å². The van der Waals surface area contributed by atoms with E-state index in [0.717, 1.165) is 24.2 Å². The van der Waals surface area contributed by atoms with E-state index in [1.54, 1.807) is 23.4 Å². The van der Waals surface area contributed by atoms with Crippen LogP contribution in [-0.2, 0) is 29.5 Å². The first-order chi connectivity index (χ1) is 16.4. The molecule has 34 heavy (non-hydrogen) atoms. The molecule has 2 aromatic carbocycles. The highest BCUT2D eigenvalue weighted by molar-refractivity contribution is 8.00. The predicted octanol–water partition coefficient (Wildman–Crippen LogP) is 3.24. The van der Waals surface area contributed by atoms with E-state index in [2.05, 4.69) is 16.3 Å². The second kappa shape index (κ2) is 9.13. The van der Waals surface area contributed by atoms with Gasteiger partial charge in [-0.05, 0) is 49.9 Å². The van der Waals surface area contributed by atoms with Crippen LogP contribution in [0.5, 0.6) is 6.01 Å². The van der Waals surface area contributed by atoms with Gasteiger partial charge in [-0.2, -0.15) is 0 Å². The average Bonchev–Trinajstić information content (AvgIpc) is 3.56. The minimum absolute atomic E-state index is 0.0386. The summed E-state index contributed by atoms with van der Waals surface area (Å²) in [6.45, 7) is 4.93. The summed E-state index contributed by atoms with van der Waals surface area (Å²) >= 11 is 1.33. The lowest BCUT2D eigenvalue weighted by molar-refractivity contribution is -0.124. The number of anilines is 2. The maximum atomic E-state index is 13.1. The van der Waals surface area contributed by atoms with Crippen molar-refractivity contribution in [3.63, 3.8) is 0 Å². The third kappa shape index (κ3) is 4.04. The Morgan fingerprint density at radius 2 is 1.44 bits per heavy atom. The number of ether oxygens (including phenoxy) is 1. The molecule has 2 unspecified atom stereocenters. The van der Waals surface area contributed by atoms with E-state index < -0.39 is 6.10 Å². The number of carbonyl (C=O) groups excluding carboxylic acids is 2. The molecule has 2 aliphatic heterocycles. The zero-order valence-electron chi connectivity index (χ0n) is 19.5. The Hall–Kier alpha value is -3.33. The van der Waals surface area contributed by atoms with Gasteiger partial charge in [0.05, 0.1) is 5.25 Å². The van der Waals surface area contributed by atoms with Crippen molar-refractivity contribution in [2.24, 2.45) is 7.05 Å². The Balaban J connectivity index is 1.23. The molecule has 8 nitrogen and oxygen atoms in total. The Labute approximate surface area is 202 Å². The molecule has 0 spiro atoms. The molecule has 0 saturated carbocycles. The quantitative estimate of drug-likeness (QED) is 0.507. The molecule has 2 aliphatic rings. The van der Waals surface area contributed by atoms with E-state index >= 15 is 0 Å². The van der Waals surface area contributed by atoms with Crippen molar-refractivity contribution in [2.75, 3.05) is 22.9 Å². The molecule has 2 atom stereocenters. The summed E-state index contributed by atoms with van der Waals surface area (Å²) < 4.78 is 7.58. The highest BCUT2D eigenvalue weighted by atomic mass is 32.2. The molecule has 0 fully saturated rings. The number of rotatable bonds is 6. The fourth-order valence-electron chi connectivity index (χ4n) is 4.50. The SMILES string of the molecule is CC(Oc1nnc(SC(C)C(=O)N2CCc3ccccc32)n1C)C(=O)N1CCc2ccccc21. The number of para-hydroxylation sites is 2. The number of hydrogen-bond acceptors (Lipinski definition) is 6. The van der Waals surface area contributed by atoms with Crippen molar-refractivity contribution in [3.8, 4) is 6.01 Å². The van der Waals surface area contributed by atoms with Gasteiger partial charge in [0, 0.05) is 31.5 Å². The van der Waals surface area contributed by atoms with Gasteiger partial charge < -0.3 is 14.5 Å². The lowest BCUT2D eigenvalue weighted by atomic mass is 10.2. The molecule has 1 aromatic heterocycles. The smallest absolute Gasteiger partial charge is 0.318 e. The molecule has 0 N–H and O–H groups in total. The number of hydrogen-bond donors (Lipinski definition) is 0. The van der Waals surface area contributed by atoms with Crippen LogP contribution in [0.1, 0.15) is 25.0 Å². The largest absolute Gasteiger partial charge is 0.450 e. The Morgan fingerprint density at radius 3 is 2.06 bits per heavy atom. The van der Waals surface area contributed by atoms with Gasteiger partial charge in [-0.3, -0.25) is 14.2 Å². The van der Waals surface area contributed by atoms with Crippen molar-refractivity contribution < 1.29 is 14.3 Å². The Bertz CT molecular complexity index is 1150. The molecule has 0 aliphatic carbocycles. The summed E-state index contributed by atoms with van der Waals surface area (Å²) in [4.78, 5) is 29.8. The number of aromatic nitrogens is 3. The molecule has 3 aromatic rings. The second-order valence-corrected chi connectivity index (χ2v) is 9.89. The number of fused-ring (bicyclic) bond motifs is 2. The fraction of sp³-hybridized carbons (Fsp3) is 0.360. The van der Waals surface area contributed by atoms with Crippen LogP contribution < -0.4 is 14.5 Å². The predicted molar refractivity (Wildman–Crippen MR) is 131 cm³/mol. The van der Waals surface area contributed by atoms with Crippen molar-refractivity contribution in [1.82, 2.24) is 14.8 Å². The number of carbonyl (C=O) groups is 2. The van der Waals surface area contributed by atoms with Gasteiger partial charge in [0.25, 0.3) is 5.91 Å². The monoisotopic (exact) mass is 477 g/mol. The van der Waals surface area contributed by atoms with Crippen LogP contribution in [0.15, 0.2) is 53.7 Å². The third-order valence-corrected chi connectivity index (χ3v) is 7.48. The van der Waals surface area contributed by atoms with Crippen molar-refractivity contribution in [1.29, 1.82) is 0 Å². The number of amides is 2. The summed E-state index contributed by atoms with van der Waals surface area (Å²) in [5.74, 6) is -0.0740. The van der Waals surface area contributed by atoms with E-state index in [9.17, 15) is 9.59 Å². The molecule has 5 rings (SSSR count). The summed E-state index contributed by atoms with van der Waals surface area (Å²) in [5.41, 5.74) is 4.28. The third-order valence-electron chi connectivity index (χ3n) is 6.36. The number of thioether (sulfide) groups is 1. The first-order valence-corrected chi connectivity index (χ1v) is 12.3. The average molecular weight is 478 g/mol. The van der Waals surface area contributed by atoms with Crippen molar-refractivity contribution in [3.05, 3.63) is 59.7 Å². The number of nitrogens with zero attached hydrogens (tertiary/aromatic N) is 5. The van der Waals surface area contributed by atoms with Crippen LogP contribution in [0, 0.1) is 0 Å². The first-order valence-electron chi connectivity index (χ1n) is 11.5. The minimum atomic E-state index is -0.716. The molecule has 0 radical (unpaired) electrons. The molecule has 3 heterocycles. The normalized spacial score (nSPS) is 16.2. The standard InChI is InChI=1S/C25H27N5O3S/c1-16(22(31)29-14-12-18-8-4-6-10-20(18)29)33-24-26-27-25(28(24)3)34-17(2)23(32)30-15-13-19-9-5-7-11-21(19)30/h4-11,16-17H,12-15H2,1-3H3. The van der Waals surface area contributed by atoms with Crippen LogP contribution >= 0.6 is 11.8 Å². The van der Waals surface area contributed by atoms with Gasteiger partial charge in [0.15, 0.2) is 11.3 Å². The van der Waals surface area contributed by atoms with Gasteiger partial charge >= 0.3 is 6.01 Å². The van der Waals surface area contributed by atoms with E-state index in [4.69, 9.17) is 4.74 Å². The summed E-state index contributed by atoms with van der Waals surface area (Å²) in [5, 5.41) is 8.56. The maximum Gasteiger partial charge on any atom is 0.318 e. The molecule has 176 valence electrons. The number of benzene rings is 2. The lowest BCUT2D eigenvalue weighted by Crippen LogP contribution is -2.40. The highest BCUT2D eigenvalue weighted by Crippen LogP contribution is 2.32. The fourth-order valence-corrected chi connectivity index (χ4v) is 5.37. The van der Waals surface area contributed by atoms with Crippen molar-refractivity contribution >= 4 is 35.0 Å². The Morgan fingerprint density at radius 1 is 0.882 bits per heavy atom. The maximum absolute atomic E-state index is 13.1. The summed E-state index contributed by atoms with van der Waals surface area (Å²) in [6, 6.07) is 16.2. The molecular formula is C25H27N5O3S. The zero-order chi connectivity index (χ0) is 23.8. The van der Waals surface area contributed by atoms with Crippen LogP contribution in [0.4, 0.5) is 11.4 Å². The van der Waals surface area contributed by atoms with Crippen LogP contribution in [0.2, 0.25) is 0 Å². The van der Waals surface area contributed by atoms with E-state index in [1.165, 1.54) is 22.9 Å². The minimum Gasteiger partial charge on any atom is -0.450 e. The molecular weight excluding hydrogens is 450 g/mol. The van der Waals surface area contributed by atoms with Gasteiger partial charge in [-0.25, -0.2) is 0 Å². The first kappa shape index (κ1) is 22.5. The zero-order valence-corrected chi connectivity index (χ0v) is 20.3. The van der Waals surface area contributed by atoms with Gasteiger partial charge in [0.1, 0.15) is 0 Å². The second-order valence-electron chi connectivity index (χ2n) is 8.58. The van der Waals surface area contributed by atoms with Crippen LogP contribution in [0.25, 0.3) is 0 Å². The lowest BCUT2D eigenvalue weighted by Gasteiger charge is -2.22. The van der Waals surface area contributed by atoms with E-state index in [-0.39, 0.29) is 23.1 Å². The van der Waals surface area contributed by atoms with Crippen LogP contribution in [0.3, 0.4) is 0 Å². The highest BCUT2D eigenvalue weighted by Gasteiger charge is 2.31. The molecule has 2 amide bonds. The van der Waals surface area contributed by atoms with E-state index in [0.29, 0.717) is 18.2 Å². The molecule has 0 bridgehead atoms. The Kier molecular flexibility index (Phi) is 6.03. The van der Waals surface area contributed by atoms with Gasteiger partial charge in [0.2, 0.25) is 5.91 Å². The van der Waals surface area contributed by atoms with Crippen LogP contribution in [-0.4, -0.2) is 51.0 Å². The van der Waals surface area contributed by atoms with Crippen molar-refractivity contribution in [2.45, 2.75) is 43.2 Å². The molecule has 0 saturated heterocycles. The van der Waals surface area contributed by atoms with Gasteiger partial charge in [-0.15, -0.1) is 5.10 Å². The summed E-state index contributed by atoms with van der Waals surface area (Å²) in [6.07, 6.45) is 0.994.